The highest BCUT2D eigenvalue weighted by Crippen LogP contribution is 2.11. The summed E-state index contributed by atoms with van der Waals surface area (Å²) in [5.41, 5.74) is 0.226. The van der Waals surface area contributed by atoms with Crippen molar-refractivity contribution in [2.75, 3.05) is 12.0 Å². The first-order chi connectivity index (χ1) is 7.70. The largest absolute Gasteiger partial charge is 0.358 e. The molecule has 1 aliphatic heterocycles. The van der Waals surface area contributed by atoms with Gasteiger partial charge in [0.15, 0.2) is 0 Å². The molecule has 6 heteroatoms. The molecule has 2 rings (SSSR count). The highest BCUT2D eigenvalue weighted by molar-refractivity contribution is 5.45. The van der Waals surface area contributed by atoms with Crippen LogP contribution in [0.4, 0.5) is 5.82 Å². The van der Waals surface area contributed by atoms with Crippen LogP contribution in [0.2, 0.25) is 0 Å². The van der Waals surface area contributed by atoms with E-state index in [1.54, 1.807) is 11.5 Å². The molecule has 16 heavy (non-hydrogen) atoms. The van der Waals surface area contributed by atoms with Crippen molar-refractivity contribution in [1.29, 1.82) is 0 Å². The highest BCUT2D eigenvalue weighted by Gasteiger charge is 2.19. The fourth-order valence-corrected chi connectivity index (χ4v) is 2.02. The summed E-state index contributed by atoms with van der Waals surface area (Å²) < 4.78 is 2.89. The van der Waals surface area contributed by atoms with E-state index in [0.717, 1.165) is 0 Å². The maximum Gasteiger partial charge on any atom is 0.332 e. The third-order valence-electron chi connectivity index (χ3n) is 2.84. The van der Waals surface area contributed by atoms with Gasteiger partial charge < -0.3 is 5.32 Å². The van der Waals surface area contributed by atoms with E-state index in [1.807, 2.05) is 6.92 Å². The van der Waals surface area contributed by atoms with E-state index in [0.29, 0.717) is 37.7 Å². The monoisotopic (exact) mass is 224 g/mol. The van der Waals surface area contributed by atoms with Crippen LogP contribution in [-0.4, -0.2) is 15.8 Å². The summed E-state index contributed by atoms with van der Waals surface area (Å²) >= 11 is 0. The normalized spacial score (nSPS) is 14.4. The van der Waals surface area contributed by atoms with Gasteiger partial charge in [-0.1, -0.05) is 0 Å². The quantitative estimate of drug-likeness (QED) is 0.712. The van der Waals surface area contributed by atoms with E-state index in [9.17, 15) is 9.59 Å². The lowest BCUT2D eigenvalue weighted by Crippen LogP contribution is -2.46. The number of aromatic nitrogens is 2. The van der Waals surface area contributed by atoms with Crippen molar-refractivity contribution in [3.8, 4) is 0 Å². The fraction of sp³-hybridized carbons (Fsp3) is 0.600. The first kappa shape index (κ1) is 10.9. The van der Waals surface area contributed by atoms with Crippen LogP contribution in [0.5, 0.6) is 0 Å². The minimum atomic E-state index is -0.233. The number of nitrogens with one attached hydrogen (secondary N) is 2. The van der Waals surface area contributed by atoms with Crippen LogP contribution < -0.4 is 21.9 Å². The number of nitrogens with zero attached hydrogens (tertiary/aromatic N) is 2. The molecule has 0 aromatic carbocycles. The molecule has 0 amide bonds. The number of hydrogen-bond donors (Lipinski definition) is 2. The molecule has 1 aliphatic rings. The van der Waals surface area contributed by atoms with Crippen molar-refractivity contribution < 1.29 is 0 Å². The predicted molar refractivity (Wildman–Crippen MR) is 61.6 cm³/mol. The Kier molecular flexibility index (Phi) is 2.82. The minimum absolute atomic E-state index is 0.188. The van der Waals surface area contributed by atoms with Crippen molar-refractivity contribution in [2.24, 2.45) is 0 Å². The molecule has 1 aromatic rings. The SMILES string of the molecule is CCn1c2c(c(=O)n(CC)c1=O)CNCN2. The lowest BCUT2D eigenvalue weighted by molar-refractivity contribution is 0.558. The lowest BCUT2D eigenvalue weighted by atomic mass is 10.2. The zero-order valence-corrected chi connectivity index (χ0v) is 9.54. The number of anilines is 1. The molecule has 0 radical (unpaired) electrons. The second kappa shape index (κ2) is 4.13. The van der Waals surface area contributed by atoms with Crippen LogP contribution in [0, 0.1) is 0 Å². The molecule has 0 aliphatic carbocycles. The Labute approximate surface area is 92.9 Å². The van der Waals surface area contributed by atoms with Crippen LogP contribution in [0.3, 0.4) is 0 Å². The van der Waals surface area contributed by atoms with E-state index >= 15 is 0 Å². The predicted octanol–water partition coefficient (Wildman–Crippen LogP) is -0.478. The van der Waals surface area contributed by atoms with Gasteiger partial charge in [0.05, 0.1) is 12.2 Å². The highest BCUT2D eigenvalue weighted by atomic mass is 16.2. The van der Waals surface area contributed by atoms with Crippen molar-refractivity contribution >= 4 is 5.82 Å². The van der Waals surface area contributed by atoms with Crippen molar-refractivity contribution in [2.45, 2.75) is 33.5 Å². The molecule has 2 heterocycles. The summed E-state index contributed by atoms with van der Waals surface area (Å²) in [5, 5.41) is 6.12. The smallest absolute Gasteiger partial charge is 0.332 e. The Balaban J connectivity index is 2.80. The van der Waals surface area contributed by atoms with Crippen molar-refractivity contribution in [3.05, 3.63) is 26.4 Å². The molecule has 0 spiro atoms. The molecular weight excluding hydrogens is 208 g/mol. The summed E-state index contributed by atoms with van der Waals surface area (Å²) in [7, 11) is 0. The molecule has 2 N–H and O–H groups in total. The van der Waals surface area contributed by atoms with Gasteiger partial charge in [-0.25, -0.2) is 4.79 Å². The summed E-state index contributed by atoms with van der Waals surface area (Å²) in [5.74, 6) is 0.668. The standard InChI is InChI=1S/C10H16N4O2/c1-3-13-8-7(5-11-6-12-8)9(15)14(4-2)10(13)16/h11-12H,3-6H2,1-2H3. The Hall–Kier alpha value is -1.56. The van der Waals surface area contributed by atoms with Crippen LogP contribution >= 0.6 is 0 Å². The number of fused-ring (bicyclic) bond motifs is 1. The molecule has 0 fully saturated rings. The molecule has 88 valence electrons. The molecule has 1 aromatic heterocycles. The molecule has 0 atom stereocenters. The average Bonchev–Trinajstić information content (AvgIpc) is 2.30. The molecule has 0 saturated carbocycles. The van der Waals surface area contributed by atoms with Crippen LogP contribution in [-0.2, 0) is 19.6 Å². The van der Waals surface area contributed by atoms with Crippen LogP contribution in [0.15, 0.2) is 9.59 Å². The summed E-state index contributed by atoms with van der Waals surface area (Å²) in [6.45, 7) is 5.78. The van der Waals surface area contributed by atoms with Gasteiger partial charge in [-0.05, 0) is 13.8 Å². The van der Waals surface area contributed by atoms with Gasteiger partial charge in [0, 0.05) is 19.6 Å². The Morgan fingerprint density at radius 2 is 1.88 bits per heavy atom. The third kappa shape index (κ3) is 1.46. The molecule has 6 nitrogen and oxygen atoms in total. The van der Waals surface area contributed by atoms with Gasteiger partial charge in [0.1, 0.15) is 5.82 Å². The van der Waals surface area contributed by atoms with E-state index in [-0.39, 0.29) is 11.2 Å². The first-order valence-electron chi connectivity index (χ1n) is 5.51. The topological polar surface area (TPSA) is 68.1 Å². The van der Waals surface area contributed by atoms with E-state index in [4.69, 9.17) is 0 Å². The lowest BCUT2D eigenvalue weighted by Gasteiger charge is -2.23. The van der Waals surface area contributed by atoms with E-state index in [1.165, 1.54) is 4.57 Å². The molecule has 0 unspecified atom stereocenters. The molecule has 0 saturated heterocycles. The average molecular weight is 224 g/mol. The summed E-state index contributed by atoms with van der Waals surface area (Å²) in [4.78, 5) is 24.0. The third-order valence-corrected chi connectivity index (χ3v) is 2.84. The second-order valence-electron chi connectivity index (χ2n) is 3.68. The van der Waals surface area contributed by atoms with E-state index in [2.05, 4.69) is 10.6 Å². The van der Waals surface area contributed by atoms with Gasteiger partial charge in [-0.3, -0.25) is 19.2 Å². The summed E-state index contributed by atoms with van der Waals surface area (Å²) in [6, 6.07) is 0. The van der Waals surface area contributed by atoms with E-state index < -0.39 is 0 Å². The van der Waals surface area contributed by atoms with Gasteiger partial charge in [0.2, 0.25) is 0 Å². The minimum Gasteiger partial charge on any atom is -0.358 e. The van der Waals surface area contributed by atoms with Gasteiger partial charge in [-0.15, -0.1) is 0 Å². The second-order valence-corrected chi connectivity index (χ2v) is 3.68. The van der Waals surface area contributed by atoms with Gasteiger partial charge in [0.25, 0.3) is 5.56 Å². The fourth-order valence-electron chi connectivity index (χ4n) is 2.02. The summed E-state index contributed by atoms with van der Waals surface area (Å²) in [6.07, 6.45) is 0. The van der Waals surface area contributed by atoms with Crippen molar-refractivity contribution in [3.63, 3.8) is 0 Å². The van der Waals surface area contributed by atoms with Gasteiger partial charge >= 0.3 is 5.69 Å². The molecular formula is C10H16N4O2. The Morgan fingerprint density at radius 1 is 1.19 bits per heavy atom. The van der Waals surface area contributed by atoms with Crippen LogP contribution in [0.25, 0.3) is 0 Å². The first-order valence-corrected chi connectivity index (χ1v) is 5.51. The zero-order chi connectivity index (χ0) is 11.7. The number of hydrogen-bond acceptors (Lipinski definition) is 4. The molecule has 0 bridgehead atoms. The zero-order valence-electron chi connectivity index (χ0n) is 9.54. The maximum absolute atomic E-state index is 12.0. The number of rotatable bonds is 2. The van der Waals surface area contributed by atoms with Crippen molar-refractivity contribution in [1.82, 2.24) is 14.5 Å². The Morgan fingerprint density at radius 3 is 2.50 bits per heavy atom. The maximum atomic E-state index is 12.0. The van der Waals surface area contributed by atoms with Gasteiger partial charge in [-0.2, -0.15) is 0 Å². The van der Waals surface area contributed by atoms with Crippen LogP contribution in [0.1, 0.15) is 19.4 Å². The Bertz CT molecular complexity index is 484.